The van der Waals surface area contributed by atoms with E-state index in [1.807, 2.05) is 42.2 Å². The van der Waals surface area contributed by atoms with E-state index in [0.29, 0.717) is 24.3 Å². The van der Waals surface area contributed by atoms with Crippen molar-refractivity contribution in [2.24, 2.45) is 0 Å². The second-order valence-corrected chi connectivity index (χ2v) is 5.63. The second kappa shape index (κ2) is 6.64. The standard InChI is InChI=1S/C19H18N2O2/c1-14-18(16-7-3-2-4-8-16)23-11-10-21(14)19(22)17-9-5-6-15(12-17)13-20/h2-9,12,14,18H,10-11H2,1H3. The molecule has 2 aromatic carbocycles. The molecule has 0 N–H and O–H groups in total. The number of carbonyl (C=O) groups excluding carboxylic acids is 1. The van der Waals surface area contributed by atoms with Crippen LogP contribution in [0.15, 0.2) is 54.6 Å². The minimum atomic E-state index is -0.131. The van der Waals surface area contributed by atoms with Gasteiger partial charge in [0.2, 0.25) is 0 Å². The van der Waals surface area contributed by atoms with E-state index in [2.05, 4.69) is 6.07 Å². The molecular weight excluding hydrogens is 288 g/mol. The van der Waals surface area contributed by atoms with Crippen molar-refractivity contribution < 1.29 is 9.53 Å². The van der Waals surface area contributed by atoms with Gasteiger partial charge in [-0.05, 0) is 30.7 Å². The summed E-state index contributed by atoms with van der Waals surface area (Å²) in [6.07, 6.45) is -0.131. The van der Waals surface area contributed by atoms with Crippen molar-refractivity contribution >= 4 is 5.91 Å². The molecule has 0 aliphatic carbocycles. The summed E-state index contributed by atoms with van der Waals surface area (Å²) >= 11 is 0. The van der Waals surface area contributed by atoms with Crippen LogP contribution >= 0.6 is 0 Å². The molecule has 23 heavy (non-hydrogen) atoms. The number of nitrogens with zero attached hydrogens (tertiary/aromatic N) is 2. The number of amides is 1. The summed E-state index contributed by atoms with van der Waals surface area (Å²) < 4.78 is 5.89. The van der Waals surface area contributed by atoms with Crippen LogP contribution in [-0.4, -0.2) is 30.0 Å². The van der Waals surface area contributed by atoms with E-state index in [4.69, 9.17) is 10.00 Å². The lowest BCUT2D eigenvalue weighted by molar-refractivity contribution is -0.0551. The van der Waals surface area contributed by atoms with E-state index in [0.717, 1.165) is 5.56 Å². The van der Waals surface area contributed by atoms with Crippen LogP contribution in [0.5, 0.6) is 0 Å². The number of rotatable bonds is 2. The lowest BCUT2D eigenvalue weighted by Crippen LogP contribution is -2.48. The fourth-order valence-corrected chi connectivity index (χ4v) is 2.98. The molecule has 4 nitrogen and oxygen atoms in total. The maximum absolute atomic E-state index is 12.8. The van der Waals surface area contributed by atoms with E-state index < -0.39 is 0 Å². The predicted molar refractivity (Wildman–Crippen MR) is 86.8 cm³/mol. The van der Waals surface area contributed by atoms with Crippen LogP contribution in [0.4, 0.5) is 0 Å². The highest BCUT2D eigenvalue weighted by atomic mass is 16.5. The third-order valence-corrected chi connectivity index (χ3v) is 4.19. The topological polar surface area (TPSA) is 53.3 Å². The van der Waals surface area contributed by atoms with Gasteiger partial charge in [0.05, 0.1) is 24.3 Å². The fourth-order valence-electron chi connectivity index (χ4n) is 2.98. The lowest BCUT2D eigenvalue weighted by Gasteiger charge is -2.39. The number of carbonyl (C=O) groups is 1. The van der Waals surface area contributed by atoms with Crippen molar-refractivity contribution in [3.63, 3.8) is 0 Å². The summed E-state index contributed by atoms with van der Waals surface area (Å²) in [6.45, 7) is 3.07. The quantitative estimate of drug-likeness (QED) is 0.856. The zero-order valence-electron chi connectivity index (χ0n) is 13.0. The van der Waals surface area contributed by atoms with Crippen molar-refractivity contribution in [2.45, 2.75) is 19.1 Å². The zero-order valence-corrected chi connectivity index (χ0v) is 13.0. The molecule has 1 heterocycles. The largest absolute Gasteiger partial charge is 0.370 e. The summed E-state index contributed by atoms with van der Waals surface area (Å²) in [6, 6.07) is 18.8. The molecule has 1 aliphatic heterocycles. The Labute approximate surface area is 135 Å². The molecule has 1 aliphatic rings. The van der Waals surface area contributed by atoms with E-state index in [1.54, 1.807) is 24.3 Å². The van der Waals surface area contributed by atoms with Crippen molar-refractivity contribution in [1.29, 1.82) is 5.26 Å². The average molecular weight is 306 g/mol. The third kappa shape index (κ3) is 3.10. The van der Waals surface area contributed by atoms with Crippen molar-refractivity contribution in [3.05, 3.63) is 71.3 Å². The van der Waals surface area contributed by atoms with Gasteiger partial charge in [0.15, 0.2) is 0 Å². The first kappa shape index (κ1) is 15.3. The van der Waals surface area contributed by atoms with E-state index in [1.165, 1.54) is 0 Å². The van der Waals surface area contributed by atoms with Crippen LogP contribution in [0.1, 0.15) is 34.5 Å². The van der Waals surface area contributed by atoms with Gasteiger partial charge in [-0.3, -0.25) is 4.79 Å². The molecule has 1 amide bonds. The molecule has 1 saturated heterocycles. The highest BCUT2D eigenvalue weighted by molar-refractivity contribution is 5.94. The highest BCUT2D eigenvalue weighted by Crippen LogP contribution is 2.29. The van der Waals surface area contributed by atoms with E-state index in [-0.39, 0.29) is 18.1 Å². The first-order chi connectivity index (χ1) is 11.2. The van der Waals surface area contributed by atoms with Crippen molar-refractivity contribution in [3.8, 4) is 6.07 Å². The predicted octanol–water partition coefficient (Wildman–Crippen LogP) is 3.16. The Morgan fingerprint density at radius 3 is 2.74 bits per heavy atom. The number of hydrogen-bond donors (Lipinski definition) is 0. The monoisotopic (exact) mass is 306 g/mol. The molecule has 0 saturated carbocycles. The molecule has 1 fully saturated rings. The minimum absolute atomic E-state index is 0.0566. The van der Waals surface area contributed by atoms with Gasteiger partial charge in [0, 0.05) is 12.1 Å². The Kier molecular flexibility index (Phi) is 4.40. The normalized spacial score (nSPS) is 20.8. The van der Waals surface area contributed by atoms with E-state index >= 15 is 0 Å². The Balaban J connectivity index is 1.84. The molecule has 0 bridgehead atoms. The lowest BCUT2D eigenvalue weighted by atomic mass is 9.99. The average Bonchev–Trinajstić information content (AvgIpc) is 2.62. The van der Waals surface area contributed by atoms with Gasteiger partial charge in [-0.25, -0.2) is 0 Å². The van der Waals surface area contributed by atoms with Gasteiger partial charge in [-0.15, -0.1) is 0 Å². The van der Waals surface area contributed by atoms with Crippen LogP contribution in [0, 0.1) is 11.3 Å². The van der Waals surface area contributed by atoms with E-state index in [9.17, 15) is 4.79 Å². The van der Waals surface area contributed by atoms with Crippen LogP contribution in [0.3, 0.4) is 0 Å². The summed E-state index contributed by atoms with van der Waals surface area (Å²) in [5.41, 5.74) is 2.12. The molecule has 2 aromatic rings. The van der Waals surface area contributed by atoms with Gasteiger partial charge in [0.1, 0.15) is 6.10 Å². The Morgan fingerprint density at radius 2 is 2.00 bits per heavy atom. The molecule has 4 heteroatoms. The Hall–Kier alpha value is -2.64. The smallest absolute Gasteiger partial charge is 0.254 e. The second-order valence-electron chi connectivity index (χ2n) is 5.63. The molecule has 2 atom stereocenters. The molecule has 116 valence electrons. The van der Waals surface area contributed by atoms with Gasteiger partial charge in [-0.2, -0.15) is 5.26 Å². The first-order valence-corrected chi connectivity index (χ1v) is 7.68. The van der Waals surface area contributed by atoms with Gasteiger partial charge in [0.25, 0.3) is 5.91 Å². The van der Waals surface area contributed by atoms with Crippen LogP contribution in [0.2, 0.25) is 0 Å². The van der Waals surface area contributed by atoms with Crippen molar-refractivity contribution in [1.82, 2.24) is 4.90 Å². The molecule has 3 rings (SSSR count). The number of benzene rings is 2. The molecule has 0 spiro atoms. The molecular formula is C19H18N2O2. The maximum atomic E-state index is 12.8. The first-order valence-electron chi connectivity index (χ1n) is 7.68. The molecule has 0 radical (unpaired) electrons. The molecule has 2 unspecified atom stereocenters. The number of morpholine rings is 1. The van der Waals surface area contributed by atoms with Crippen molar-refractivity contribution in [2.75, 3.05) is 13.2 Å². The highest BCUT2D eigenvalue weighted by Gasteiger charge is 2.33. The van der Waals surface area contributed by atoms with Crippen LogP contribution < -0.4 is 0 Å². The fraction of sp³-hybridized carbons (Fsp3) is 0.263. The van der Waals surface area contributed by atoms with Crippen LogP contribution in [0.25, 0.3) is 0 Å². The number of nitriles is 1. The SMILES string of the molecule is CC1C(c2ccccc2)OCCN1C(=O)c1cccc(C#N)c1. The molecule has 0 aromatic heterocycles. The van der Waals surface area contributed by atoms with Gasteiger partial charge in [-0.1, -0.05) is 36.4 Å². The number of ether oxygens (including phenoxy) is 1. The maximum Gasteiger partial charge on any atom is 0.254 e. The summed E-state index contributed by atoms with van der Waals surface area (Å²) in [4.78, 5) is 14.6. The number of hydrogen-bond acceptors (Lipinski definition) is 3. The van der Waals surface area contributed by atoms with Crippen LogP contribution in [-0.2, 0) is 4.74 Å². The Bertz CT molecular complexity index is 737. The summed E-state index contributed by atoms with van der Waals surface area (Å²) in [5.74, 6) is -0.0566. The summed E-state index contributed by atoms with van der Waals surface area (Å²) in [7, 11) is 0. The minimum Gasteiger partial charge on any atom is -0.370 e. The zero-order chi connectivity index (χ0) is 16.2. The summed E-state index contributed by atoms with van der Waals surface area (Å²) in [5, 5.41) is 9.00. The third-order valence-electron chi connectivity index (χ3n) is 4.19. The van der Waals surface area contributed by atoms with Gasteiger partial charge < -0.3 is 9.64 Å². The Morgan fingerprint density at radius 1 is 1.22 bits per heavy atom. The van der Waals surface area contributed by atoms with Gasteiger partial charge >= 0.3 is 0 Å².